The highest BCUT2D eigenvalue weighted by Crippen LogP contribution is 2.20. The predicted molar refractivity (Wildman–Crippen MR) is 70.6 cm³/mol. The molecule has 0 bridgehead atoms. The average molecular weight is 226 g/mol. The van der Waals surface area contributed by atoms with Crippen LogP contribution < -0.4 is 0 Å². The second kappa shape index (κ2) is 10.1. The van der Waals surface area contributed by atoms with Gasteiger partial charge in [-0.15, -0.1) is 0 Å². The zero-order valence-electron chi connectivity index (χ0n) is 10.9. The van der Waals surface area contributed by atoms with Crippen LogP contribution in [0.1, 0.15) is 83.5 Å². The third-order valence-corrected chi connectivity index (χ3v) is 3.98. The molecule has 0 aromatic carbocycles. The Labute approximate surface area is 102 Å². The van der Waals surface area contributed by atoms with Crippen LogP contribution in [0.2, 0.25) is 0 Å². The van der Waals surface area contributed by atoms with Crippen LogP contribution in [-0.2, 0) is 0 Å². The van der Waals surface area contributed by atoms with E-state index in [1.165, 1.54) is 83.5 Å². The molecule has 0 unspecified atom stereocenters. The van der Waals surface area contributed by atoms with Gasteiger partial charge in [-0.2, -0.15) is 0 Å². The van der Waals surface area contributed by atoms with Crippen molar-refractivity contribution in [3.63, 3.8) is 0 Å². The Hall–Kier alpha value is -0.0400. The molecule has 1 rings (SSSR count). The second-order valence-electron chi connectivity index (χ2n) is 5.52. The van der Waals surface area contributed by atoms with E-state index in [1.807, 2.05) is 0 Å². The Morgan fingerprint density at radius 1 is 0.562 bits per heavy atom. The number of hydrogen-bond donors (Lipinski definition) is 1. The van der Waals surface area contributed by atoms with Crippen molar-refractivity contribution in [3.05, 3.63) is 0 Å². The zero-order chi connectivity index (χ0) is 11.5. The van der Waals surface area contributed by atoms with Crippen LogP contribution >= 0.6 is 0 Å². The van der Waals surface area contributed by atoms with Crippen LogP contribution in [0.25, 0.3) is 0 Å². The maximum absolute atomic E-state index is 9.30. The lowest BCUT2D eigenvalue weighted by Crippen LogP contribution is -2.06. The lowest BCUT2D eigenvalue weighted by atomic mass is 9.94. The average Bonchev–Trinajstić information content (AvgIpc) is 2.32. The van der Waals surface area contributed by atoms with Crippen molar-refractivity contribution in [2.75, 3.05) is 6.61 Å². The summed E-state index contributed by atoms with van der Waals surface area (Å²) in [6.45, 7) is 0.417. The summed E-state index contributed by atoms with van der Waals surface area (Å²) in [5.74, 6) is 0.600. The molecule has 0 atom stereocenters. The maximum atomic E-state index is 9.30. The van der Waals surface area contributed by atoms with Crippen molar-refractivity contribution >= 4 is 0 Å². The summed E-state index contributed by atoms with van der Waals surface area (Å²) in [6, 6.07) is 0. The molecule has 0 heterocycles. The van der Waals surface area contributed by atoms with E-state index >= 15 is 0 Å². The summed E-state index contributed by atoms with van der Waals surface area (Å²) in [5.41, 5.74) is 0. The summed E-state index contributed by atoms with van der Waals surface area (Å²) >= 11 is 0. The quantitative estimate of drug-likeness (QED) is 0.688. The lowest BCUT2D eigenvalue weighted by molar-refractivity contribution is 0.204. The summed E-state index contributed by atoms with van der Waals surface area (Å²) in [7, 11) is 0. The molecule has 1 heteroatoms. The Morgan fingerprint density at radius 2 is 0.875 bits per heavy atom. The molecule has 1 aliphatic rings. The van der Waals surface area contributed by atoms with E-state index in [0.29, 0.717) is 12.5 Å². The smallest absolute Gasteiger partial charge is 0.0459 e. The number of rotatable bonds is 1. The highest BCUT2D eigenvalue weighted by molar-refractivity contribution is 4.60. The minimum Gasteiger partial charge on any atom is -0.396 e. The van der Waals surface area contributed by atoms with Crippen LogP contribution in [0.4, 0.5) is 0 Å². The van der Waals surface area contributed by atoms with Gasteiger partial charge >= 0.3 is 0 Å². The molecular formula is C15H30O. The minimum atomic E-state index is 0.417. The standard InChI is InChI=1S/C15H30O/c16-14-15-12-10-8-6-4-2-1-3-5-7-9-11-13-15/h15-16H,1-14H2. The van der Waals surface area contributed by atoms with Gasteiger partial charge in [0, 0.05) is 6.61 Å². The van der Waals surface area contributed by atoms with Crippen LogP contribution in [-0.4, -0.2) is 11.7 Å². The zero-order valence-corrected chi connectivity index (χ0v) is 10.9. The first-order valence-electron chi connectivity index (χ1n) is 7.54. The van der Waals surface area contributed by atoms with Crippen molar-refractivity contribution < 1.29 is 5.11 Å². The molecule has 0 amide bonds. The van der Waals surface area contributed by atoms with Gasteiger partial charge in [-0.3, -0.25) is 0 Å². The molecule has 0 spiro atoms. The summed E-state index contributed by atoms with van der Waals surface area (Å²) in [5, 5.41) is 9.30. The fourth-order valence-corrected chi connectivity index (χ4v) is 2.78. The van der Waals surface area contributed by atoms with E-state index in [-0.39, 0.29) is 0 Å². The van der Waals surface area contributed by atoms with Gasteiger partial charge in [-0.05, 0) is 18.8 Å². The molecule has 0 radical (unpaired) electrons. The number of hydrogen-bond acceptors (Lipinski definition) is 1. The lowest BCUT2D eigenvalue weighted by Gasteiger charge is -2.14. The SMILES string of the molecule is OCC1CCCCCCCCCCCCC1. The van der Waals surface area contributed by atoms with E-state index in [2.05, 4.69) is 0 Å². The summed E-state index contributed by atoms with van der Waals surface area (Å²) in [4.78, 5) is 0. The van der Waals surface area contributed by atoms with E-state index in [1.54, 1.807) is 0 Å². The second-order valence-corrected chi connectivity index (χ2v) is 5.52. The Balaban J connectivity index is 2.16. The molecule has 0 saturated heterocycles. The molecular weight excluding hydrogens is 196 g/mol. The van der Waals surface area contributed by atoms with Crippen molar-refractivity contribution in [2.45, 2.75) is 83.5 Å². The third-order valence-electron chi connectivity index (χ3n) is 3.98. The molecule has 1 saturated carbocycles. The molecule has 0 aromatic heterocycles. The van der Waals surface area contributed by atoms with Crippen LogP contribution in [0, 0.1) is 5.92 Å². The fourth-order valence-electron chi connectivity index (χ4n) is 2.78. The molecule has 96 valence electrons. The van der Waals surface area contributed by atoms with Crippen molar-refractivity contribution in [2.24, 2.45) is 5.92 Å². The first-order valence-corrected chi connectivity index (χ1v) is 7.54. The number of aliphatic hydroxyl groups excluding tert-OH is 1. The maximum Gasteiger partial charge on any atom is 0.0459 e. The molecule has 1 fully saturated rings. The van der Waals surface area contributed by atoms with E-state index in [4.69, 9.17) is 0 Å². The highest BCUT2D eigenvalue weighted by atomic mass is 16.3. The molecule has 1 aliphatic carbocycles. The van der Waals surface area contributed by atoms with Gasteiger partial charge in [-0.1, -0.05) is 70.6 Å². The van der Waals surface area contributed by atoms with Crippen LogP contribution in [0.5, 0.6) is 0 Å². The first kappa shape index (κ1) is 14.0. The largest absolute Gasteiger partial charge is 0.396 e. The van der Waals surface area contributed by atoms with Gasteiger partial charge in [0.2, 0.25) is 0 Å². The first-order chi connectivity index (χ1) is 7.93. The van der Waals surface area contributed by atoms with E-state index in [9.17, 15) is 5.11 Å². The third kappa shape index (κ3) is 7.27. The van der Waals surface area contributed by atoms with Gasteiger partial charge in [0.1, 0.15) is 0 Å². The molecule has 0 aliphatic heterocycles. The van der Waals surface area contributed by atoms with Crippen molar-refractivity contribution in [1.82, 2.24) is 0 Å². The predicted octanol–water partition coefficient (Wildman–Crippen LogP) is 4.68. The summed E-state index contributed by atoms with van der Waals surface area (Å²) < 4.78 is 0. The Bertz CT molecular complexity index is 130. The van der Waals surface area contributed by atoms with Gasteiger partial charge in [0.15, 0.2) is 0 Å². The topological polar surface area (TPSA) is 20.2 Å². The van der Waals surface area contributed by atoms with Crippen molar-refractivity contribution in [3.8, 4) is 0 Å². The molecule has 1 nitrogen and oxygen atoms in total. The van der Waals surface area contributed by atoms with Gasteiger partial charge in [-0.25, -0.2) is 0 Å². The minimum absolute atomic E-state index is 0.417. The van der Waals surface area contributed by atoms with Gasteiger partial charge in [0.05, 0.1) is 0 Å². The van der Waals surface area contributed by atoms with Gasteiger partial charge in [0.25, 0.3) is 0 Å². The van der Waals surface area contributed by atoms with E-state index < -0.39 is 0 Å². The Morgan fingerprint density at radius 3 is 1.19 bits per heavy atom. The summed E-state index contributed by atoms with van der Waals surface area (Å²) in [6.07, 6.45) is 18.0. The fraction of sp³-hybridized carbons (Fsp3) is 1.00. The molecule has 16 heavy (non-hydrogen) atoms. The molecule has 0 aromatic rings. The monoisotopic (exact) mass is 226 g/mol. The van der Waals surface area contributed by atoms with Crippen molar-refractivity contribution in [1.29, 1.82) is 0 Å². The highest BCUT2D eigenvalue weighted by Gasteiger charge is 2.07. The molecule has 1 N–H and O–H groups in total. The normalized spacial score (nSPS) is 23.8. The van der Waals surface area contributed by atoms with Gasteiger partial charge < -0.3 is 5.11 Å². The number of aliphatic hydroxyl groups is 1. The van der Waals surface area contributed by atoms with Crippen LogP contribution in [0.15, 0.2) is 0 Å². The van der Waals surface area contributed by atoms with Crippen LogP contribution in [0.3, 0.4) is 0 Å². The Kier molecular flexibility index (Phi) is 8.88. The van der Waals surface area contributed by atoms with E-state index in [0.717, 1.165) is 0 Å².